The summed E-state index contributed by atoms with van der Waals surface area (Å²) in [5.41, 5.74) is 4.94. The van der Waals surface area contributed by atoms with E-state index in [-0.39, 0.29) is 17.0 Å². The van der Waals surface area contributed by atoms with Gasteiger partial charge in [-0.2, -0.15) is 18.6 Å². The van der Waals surface area contributed by atoms with Gasteiger partial charge in [0.1, 0.15) is 11.3 Å². The molecule has 2 aromatic carbocycles. The molecule has 0 atom stereocenters. The van der Waals surface area contributed by atoms with Gasteiger partial charge in [0.25, 0.3) is 11.1 Å². The highest BCUT2D eigenvalue weighted by molar-refractivity contribution is 7.88. The number of likely N-dealkylation sites (tertiary alicyclic amines) is 1. The van der Waals surface area contributed by atoms with Crippen LogP contribution in [0.2, 0.25) is 0 Å². The van der Waals surface area contributed by atoms with Crippen molar-refractivity contribution in [3.8, 4) is 0 Å². The Bertz CT molecular complexity index is 3520. The smallest absolute Gasteiger partial charge is 0.252 e. The number of pyridine rings is 2. The molecule has 6 aromatic rings. The van der Waals surface area contributed by atoms with Crippen molar-refractivity contribution in [3.63, 3.8) is 0 Å². The van der Waals surface area contributed by atoms with Gasteiger partial charge in [-0.15, -0.1) is 0 Å². The van der Waals surface area contributed by atoms with E-state index in [4.69, 9.17) is 11.6 Å². The van der Waals surface area contributed by atoms with Crippen molar-refractivity contribution >= 4 is 88.1 Å². The second-order valence-electron chi connectivity index (χ2n) is 20.0. The number of hydrogen-bond acceptors (Lipinski definition) is 17. The fourth-order valence-electron chi connectivity index (χ4n) is 9.64. The summed E-state index contributed by atoms with van der Waals surface area (Å²) in [5.74, 6) is 1.73. The number of hydrogen-bond donors (Lipinski definition) is 3. The molecule has 0 spiro atoms. The van der Waals surface area contributed by atoms with E-state index in [0.29, 0.717) is 120 Å². The van der Waals surface area contributed by atoms with Gasteiger partial charge >= 0.3 is 0 Å². The Morgan fingerprint density at radius 3 is 1.46 bits per heavy atom. The van der Waals surface area contributed by atoms with Crippen LogP contribution in [0.5, 0.6) is 0 Å². The zero-order chi connectivity index (χ0) is 56.3. The molecule has 0 bridgehead atoms. The first kappa shape index (κ1) is 58.4. The van der Waals surface area contributed by atoms with Crippen LogP contribution in [0.4, 0.5) is 23.3 Å². The molecule has 0 saturated carbocycles. The quantitative estimate of drug-likeness (QED) is 0.0818. The molecule has 25 heteroatoms. The van der Waals surface area contributed by atoms with E-state index < -0.39 is 25.3 Å². The number of sulfonamides is 2. The van der Waals surface area contributed by atoms with Crippen LogP contribution in [0.3, 0.4) is 0 Å². The maximum atomic E-state index is 12.7. The van der Waals surface area contributed by atoms with Gasteiger partial charge in [0.05, 0.1) is 12.5 Å². The molecule has 1 amide bonds. The number of benzene rings is 2. The Morgan fingerprint density at radius 1 is 0.646 bits per heavy atom. The number of nitrogens with one attached hydrogen (secondary N) is 3. The summed E-state index contributed by atoms with van der Waals surface area (Å²) < 4.78 is 53.5. The Morgan fingerprint density at radius 2 is 1.08 bits per heavy atom. The number of piperazine rings is 2. The summed E-state index contributed by atoms with van der Waals surface area (Å²) >= 11 is 4.71. The third kappa shape index (κ3) is 16.2. The average molecular weight is 1140 g/mol. The number of halogens is 1. The monoisotopic (exact) mass is 1140 g/mol. The number of aromatic nitrogens is 6. The third-order valence-electron chi connectivity index (χ3n) is 14.2. The zero-order valence-corrected chi connectivity index (χ0v) is 46.8. The van der Waals surface area contributed by atoms with Crippen LogP contribution in [0, 0.1) is 11.8 Å². The van der Waals surface area contributed by atoms with Gasteiger partial charge in [0.15, 0.2) is 0 Å². The third-order valence-corrected chi connectivity index (χ3v) is 17.0. The van der Waals surface area contributed by atoms with E-state index in [1.807, 2.05) is 36.4 Å². The Kier molecular flexibility index (Phi) is 19.6. The van der Waals surface area contributed by atoms with Gasteiger partial charge in [-0.3, -0.25) is 38.1 Å². The van der Waals surface area contributed by atoms with Gasteiger partial charge in [0.2, 0.25) is 43.1 Å². The van der Waals surface area contributed by atoms with E-state index in [0.717, 1.165) is 71.8 Å². The first-order valence-corrected chi connectivity index (χ1v) is 30.1. The molecule has 3 N–H and O–H groups in total. The maximum absolute atomic E-state index is 12.7. The predicted octanol–water partition coefficient (Wildman–Crippen LogP) is 3.81. The standard InChI is InChI=1S/C27H33N7O4S.C24H31N7O3S.C3H3ClO/c1-3-24(35)32-18-21(19-32)9-10-34-25(36)8-7-22-16-28-27(30-26(22)34)29-23-6-4-5-20(15-23)17-31-11-13-33(14-12-31)39(2,37)38;1-35(33,34)30-11-9-29(10-12-30)17-18-3-2-4-21(13-18)27-24-26-16-20-5-6-22(32)31(23(20)28-24)8-7-19-14-25-15-19;1-2-3(4)5/h3-8,15-16,21H,1,9-14,17-19H2,2H3,(H,28,29,30);2-6,13,16,19,25H,7-12,14-15,17H2,1H3,(H,26,27,28);2H,1H2. The minimum absolute atomic E-state index is 0.0487. The molecule has 0 aliphatic carbocycles. The summed E-state index contributed by atoms with van der Waals surface area (Å²) in [6.45, 7) is 17.3. The van der Waals surface area contributed by atoms with E-state index in [1.165, 1.54) is 33.3 Å². The molecule has 4 saturated heterocycles. The molecule has 0 radical (unpaired) electrons. The molecule has 8 heterocycles. The van der Waals surface area contributed by atoms with E-state index in [9.17, 15) is 36.0 Å². The number of aryl methyl sites for hydroxylation is 2. The lowest BCUT2D eigenvalue weighted by Crippen LogP contribution is -2.49. The predicted molar refractivity (Wildman–Crippen MR) is 307 cm³/mol. The maximum Gasteiger partial charge on any atom is 0.252 e. The van der Waals surface area contributed by atoms with E-state index >= 15 is 0 Å². The van der Waals surface area contributed by atoms with Gasteiger partial charge in [-0.1, -0.05) is 37.4 Å². The first-order chi connectivity index (χ1) is 37.8. The summed E-state index contributed by atoms with van der Waals surface area (Å²) in [6, 6.07) is 22.6. The molecule has 10 rings (SSSR count). The van der Waals surface area contributed by atoms with Crippen LogP contribution in [0.15, 0.2) is 120 Å². The summed E-state index contributed by atoms with van der Waals surface area (Å²) in [6.07, 6.45) is 10.1. The van der Waals surface area contributed by atoms with Crippen LogP contribution in [-0.4, -0.2) is 171 Å². The van der Waals surface area contributed by atoms with Crippen molar-refractivity contribution in [1.82, 2.24) is 57.7 Å². The lowest BCUT2D eigenvalue weighted by Gasteiger charge is -2.38. The highest BCUT2D eigenvalue weighted by atomic mass is 35.5. The number of fused-ring (bicyclic) bond motifs is 2. The molecule has 0 unspecified atom stereocenters. The second-order valence-corrected chi connectivity index (χ2v) is 24.4. The van der Waals surface area contributed by atoms with Crippen molar-refractivity contribution in [3.05, 3.63) is 142 Å². The highest BCUT2D eigenvalue weighted by Gasteiger charge is 2.29. The topological polar surface area (TPSA) is 250 Å². The van der Waals surface area contributed by atoms with Crippen LogP contribution in [0.25, 0.3) is 22.1 Å². The van der Waals surface area contributed by atoms with Gasteiger partial charge < -0.3 is 20.9 Å². The fourth-order valence-corrected chi connectivity index (χ4v) is 11.3. The van der Waals surface area contributed by atoms with Crippen LogP contribution >= 0.6 is 11.6 Å². The number of carbonyl (C=O) groups is 2. The van der Waals surface area contributed by atoms with E-state index in [2.05, 4.69) is 71.0 Å². The molecule has 4 aliphatic heterocycles. The minimum atomic E-state index is -3.15. The molecular formula is C54H67ClN14O8S2. The van der Waals surface area contributed by atoms with Crippen molar-refractivity contribution in [1.29, 1.82) is 0 Å². The molecule has 4 aliphatic rings. The van der Waals surface area contributed by atoms with Crippen LogP contribution < -0.4 is 27.1 Å². The van der Waals surface area contributed by atoms with Crippen LogP contribution in [-0.2, 0) is 55.8 Å². The second kappa shape index (κ2) is 26.5. The summed E-state index contributed by atoms with van der Waals surface area (Å²) in [7, 11) is -6.29. The molecule has 22 nitrogen and oxygen atoms in total. The molecule has 4 aromatic heterocycles. The summed E-state index contributed by atoms with van der Waals surface area (Å²) in [4.78, 5) is 70.9. The lowest BCUT2D eigenvalue weighted by molar-refractivity contribution is -0.132. The van der Waals surface area contributed by atoms with Gasteiger partial charge in [-0.05, 0) is 109 Å². The minimum Gasteiger partial charge on any atom is -0.338 e. The lowest BCUT2D eigenvalue weighted by atomic mass is 9.96. The Labute approximate surface area is 464 Å². The highest BCUT2D eigenvalue weighted by Crippen LogP contribution is 2.24. The van der Waals surface area contributed by atoms with E-state index in [1.54, 1.807) is 44.6 Å². The average Bonchev–Trinajstić information content (AvgIpc) is 3.40. The number of carbonyl (C=O) groups excluding carboxylic acids is 2. The van der Waals surface area contributed by atoms with Crippen LogP contribution in [0.1, 0.15) is 24.0 Å². The van der Waals surface area contributed by atoms with Crippen molar-refractivity contribution in [2.75, 3.05) is 102 Å². The molecule has 4 fully saturated rings. The largest absolute Gasteiger partial charge is 0.338 e. The fraction of sp³-hybridized carbons (Fsp3) is 0.407. The number of anilines is 4. The van der Waals surface area contributed by atoms with Crippen molar-refractivity contribution in [2.24, 2.45) is 11.8 Å². The zero-order valence-electron chi connectivity index (χ0n) is 44.4. The SMILES string of the molecule is C=CC(=O)Cl.C=CC(=O)N1CC(CCn2c(=O)ccc3cnc(Nc4cccc(CN5CCN(S(C)(=O)=O)CC5)c4)nc32)C1.CS(=O)(=O)N1CCN(Cc2cccc(Nc3ncc4ccc(=O)n(CCC5CNC5)c4n3)c2)CC1. The van der Waals surface area contributed by atoms with Crippen molar-refractivity contribution in [2.45, 2.75) is 39.0 Å². The Hall–Kier alpha value is -6.77. The number of rotatable bonds is 18. The molecular weight excluding hydrogens is 1070 g/mol. The number of amides is 1. The van der Waals surface area contributed by atoms with Gasteiger partial charge in [-0.25, -0.2) is 26.8 Å². The molecule has 420 valence electrons. The molecule has 79 heavy (non-hydrogen) atoms. The number of allylic oxidation sites excluding steroid dienone is 1. The summed E-state index contributed by atoms with van der Waals surface area (Å²) in [5, 5.41) is 10.9. The Balaban J connectivity index is 0.000000193. The van der Waals surface area contributed by atoms with Crippen molar-refractivity contribution < 1.29 is 26.4 Å². The number of nitrogens with zero attached hydrogens (tertiary/aromatic N) is 11. The van der Waals surface area contributed by atoms with Gasteiger partial charge in [0, 0.05) is 138 Å². The normalized spacial score (nSPS) is 16.9. The first-order valence-electron chi connectivity index (χ1n) is 26.1.